The van der Waals surface area contributed by atoms with Crippen molar-refractivity contribution in [2.45, 2.75) is 30.2 Å². The Labute approximate surface area is 157 Å². The number of piperidine rings is 1. The standard InChI is InChI=1S/C17H22N4O5S/c1-27(25,26)14-2-3-16(17(12-14)21(23)24)19-8-5-13(6-9-19)15-4-7-18-20(15)10-11-22/h2-4,7,12-13,22H,5-6,8-11H2,1H3. The average molecular weight is 394 g/mol. The maximum Gasteiger partial charge on any atom is 0.293 e. The van der Waals surface area contributed by atoms with E-state index in [9.17, 15) is 18.5 Å². The summed E-state index contributed by atoms with van der Waals surface area (Å²) in [5.41, 5.74) is 1.31. The summed E-state index contributed by atoms with van der Waals surface area (Å²) in [4.78, 5) is 12.8. The van der Waals surface area contributed by atoms with Crippen LogP contribution in [0.5, 0.6) is 0 Å². The molecule has 0 amide bonds. The molecule has 0 bridgehead atoms. The fourth-order valence-corrected chi connectivity index (χ4v) is 4.18. The van der Waals surface area contributed by atoms with Gasteiger partial charge in [-0.25, -0.2) is 8.42 Å². The van der Waals surface area contributed by atoms with Gasteiger partial charge in [-0.2, -0.15) is 5.10 Å². The lowest BCUT2D eigenvalue weighted by molar-refractivity contribution is -0.384. The van der Waals surface area contributed by atoms with Gasteiger partial charge in [0.05, 0.1) is 23.0 Å². The number of sulfone groups is 1. The first-order chi connectivity index (χ1) is 12.8. The van der Waals surface area contributed by atoms with E-state index >= 15 is 0 Å². The topological polar surface area (TPSA) is 119 Å². The molecule has 0 saturated carbocycles. The Morgan fingerprint density at radius 3 is 2.59 bits per heavy atom. The van der Waals surface area contributed by atoms with Crippen molar-refractivity contribution in [2.24, 2.45) is 0 Å². The summed E-state index contributed by atoms with van der Waals surface area (Å²) in [6, 6.07) is 6.01. The molecule has 2 heterocycles. The van der Waals surface area contributed by atoms with Crippen LogP contribution >= 0.6 is 0 Å². The summed E-state index contributed by atoms with van der Waals surface area (Å²) in [5.74, 6) is 0.268. The van der Waals surface area contributed by atoms with E-state index in [1.807, 2.05) is 11.0 Å². The predicted molar refractivity (Wildman–Crippen MR) is 99.7 cm³/mol. The molecule has 1 aliphatic rings. The van der Waals surface area contributed by atoms with Gasteiger partial charge in [0.1, 0.15) is 5.69 Å². The average Bonchev–Trinajstić information content (AvgIpc) is 3.09. The van der Waals surface area contributed by atoms with Crippen LogP contribution in [0.15, 0.2) is 35.4 Å². The molecule has 1 N–H and O–H groups in total. The summed E-state index contributed by atoms with van der Waals surface area (Å²) in [6.45, 7) is 1.70. The number of benzene rings is 1. The molecule has 1 aliphatic heterocycles. The number of nitro groups is 1. The molecule has 1 aromatic carbocycles. The van der Waals surface area contributed by atoms with Crippen LogP contribution < -0.4 is 4.90 Å². The number of aromatic nitrogens is 2. The number of aliphatic hydroxyl groups is 1. The fourth-order valence-electron chi connectivity index (χ4n) is 3.53. The number of anilines is 1. The minimum absolute atomic E-state index is 0.0202. The number of hydrogen-bond donors (Lipinski definition) is 1. The van der Waals surface area contributed by atoms with Crippen molar-refractivity contribution >= 4 is 21.2 Å². The zero-order chi connectivity index (χ0) is 19.6. The van der Waals surface area contributed by atoms with E-state index in [0.717, 1.165) is 30.9 Å². The van der Waals surface area contributed by atoms with Crippen LogP contribution in [-0.2, 0) is 16.4 Å². The summed E-state index contributed by atoms with van der Waals surface area (Å²) in [7, 11) is -3.51. The van der Waals surface area contributed by atoms with Crippen molar-refractivity contribution in [1.29, 1.82) is 0 Å². The lowest BCUT2D eigenvalue weighted by Crippen LogP contribution is -2.34. The van der Waals surface area contributed by atoms with Crippen molar-refractivity contribution < 1.29 is 18.4 Å². The molecule has 1 fully saturated rings. The Kier molecular flexibility index (Phi) is 5.47. The molecule has 146 valence electrons. The second-order valence-corrected chi connectivity index (χ2v) is 8.66. The zero-order valence-corrected chi connectivity index (χ0v) is 15.8. The molecule has 3 rings (SSSR count). The van der Waals surface area contributed by atoms with Gasteiger partial charge in [0.25, 0.3) is 5.69 Å². The Balaban J connectivity index is 1.79. The highest BCUT2D eigenvalue weighted by atomic mass is 32.2. The number of aliphatic hydroxyl groups excluding tert-OH is 1. The molecule has 1 saturated heterocycles. The summed E-state index contributed by atoms with van der Waals surface area (Å²) >= 11 is 0. The number of hydrogen-bond acceptors (Lipinski definition) is 7. The quantitative estimate of drug-likeness (QED) is 0.583. The van der Waals surface area contributed by atoms with Crippen LogP contribution in [0.3, 0.4) is 0 Å². The highest BCUT2D eigenvalue weighted by molar-refractivity contribution is 7.90. The Hall–Kier alpha value is -2.46. The summed E-state index contributed by atoms with van der Waals surface area (Å²) in [5, 5.41) is 24.8. The van der Waals surface area contributed by atoms with Crippen LogP contribution in [0.2, 0.25) is 0 Å². The molecule has 0 atom stereocenters. The molecule has 1 aromatic heterocycles. The first-order valence-electron chi connectivity index (χ1n) is 8.67. The van der Waals surface area contributed by atoms with Crippen molar-refractivity contribution in [3.63, 3.8) is 0 Å². The Morgan fingerprint density at radius 1 is 1.30 bits per heavy atom. The van der Waals surface area contributed by atoms with Crippen molar-refractivity contribution in [2.75, 3.05) is 30.9 Å². The fraction of sp³-hybridized carbons (Fsp3) is 0.471. The van der Waals surface area contributed by atoms with Crippen LogP contribution in [-0.4, -0.2) is 54.2 Å². The predicted octanol–water partition coefficient (Wildman–Crippen LogP) is 1.57. The van der Waals surface area contributed by atoms with Crippen LogP contribution in [0, 0.1) is 10.1 Å². The maximum atomic E-state index is 11.7. The lowest BCUT2D eigenvalue weighted by atomic mass is 9.93. The van der Waals surface area contributed by atoms with E-state index < -0.39 is 14.8 Å². The molecule has 0 aliphatic carbocycles. The zero-order valence-electron chi connectivity index (χ0n) is 15.0. The van der Waals surface area contributed by atoms with Crippen molar-refractivity contribution in [3.05, 3.63) is 46.3 Å². The van der Waals surface area contributed by atoms with Crippen LogP contribution in [0.4, 0.5) is 11.4 Å². The van der Waals surface area contributed by atoms with Crippen LogP contribution in [0.1, 0.15) is 24.5 Å². The Morgan fingerprint density at radius 2 is 2.00 bits per heavy atom. The third kappa shape index (κ3) is 4.11. The number of nitro benzene ring substituents is 1. The first-order valence-corrected chi connectivity index (χ1v) is 10.6. The number of nitrogens with zero attached hydrogens (tertiary/aromatic N) is 4. The summed E-state index contributed by atoms with van der Waals surface area (Å²) < 4.78 is 25.2. The van der Waals surface area contributed by atoms with Gasteiger partial charge in [0.2, 0.25) is 0 Å². The minimum Gasteiger partial charge on any atom is -0.394 e. The molecule has 9 nitrogen and oxygen atoms in total. The highest BCUT2D eigenvalue weighted by Gasteiger charge is 2.28. The van der Waals surface area contributed by atoms with Gasteiger partial charge in [0, 0.05) is 43.2 Å². The van der Waals surface area contributed by atoms with E-state index in [0.29, 0.717) is 25.3 Å². The minimum atomic E-state index is -3.51. The van der Waals surface area contributed by atoms with E-state index in [4.69, 9.17) is 5.11 Å². The van der Waals surface area contributed by atoms with E-state index in [2.05, 4.69) is 5.10 Å². The van der Waals surface area contributed by atoms with E-state index in [1.165, 1.54) is 12.1 Å². The lowest BCUT2D eigenvalue weighted by Gasteiger charge is -2.33. The van der Waals surface area contributed by atoms with Crippen molar-refractivity contribution in [1.82, 2.24) is 9.78 Å². The maximum absolute atomic E-state index is 11.7. The Bertz CT molecular complexity index is 933. The SMILES string of the molecule is CS(=O)(=O)c1ccc(N2CCC(c3ccnn3CCO)CC2)c([N+](=O)[O-])c1. The van der Waals surface area contributed by atoms with Gasteiger partial charge in [0.15, 0.2) is 9.84 Å². The van der Waals surface area contributed by atoms with Crippen molar-refractivity contribution in [3.8, 4) is 0 Å². The molecular weight excluding hydrogens is 372 g/mol. The molecular formula is C17H22N4O5S. The van der Waals surface area contributed by atoms with Gasteiger partial charge < -0.3 is 10.0 Å². The van der Waals surface area contributed by atoms with Gasteiger partial charge >= 0.3 is 0 Å². The molecule has 2 aromatic rings. The second-order valence-electron chi connectivity index (χ2n) is 6.64. The van der Waals surface area contributed by atoms with Gasteiger partial charge in [-0.05, 0) is 31.0 Å². The molecule has 0 spiro atoms. The monoisotopic (exact) mass is 394 g/mol. The molecule has 0 unspecified atom stereocenters. The third-order valence-corrected chi connectivity index (χ3v) is 6.00. The largest absolute Gasteiger partial charge is 0.394 e. The summed E-state index contributed by atoms with van der Waals surface area (Å²) in [6.07, 6.45) is 4.34. The van der Waals surface area contributed by atoms with E-state index in [-0.39, 0.29) is 23.1 Å². The van der Waals surface area contributed by atoms with E-state index in [1.54, 1.807) is 10.9 Å². The van der Waals surface area contributed by atoms with Gasteiger partial charge in [-0.1, -0.05) is 0 Å². The smallest absolute Gasteiger partial charge is 0.293 e. The van der Waals surface area contributed by atoms with Crippen LogP contribution in [0.25, 0.3) is 0 Å². The molecule has 10 heteroatoms. The first kappa shape index (κ1) is 19.3. The normalized spacial score (nSPS) is 15.9. The number of rotatable bonds is 6. The highest BCUT2D eigenvalue weighted by Crippen LogP contribution is 2.35. The second kappa shape index (κ2) is 7.65. The van der Waals surface area contributed by atoms with Gasteiger partial charge in [-0.3, -0.25) is 14.8 Å². The third-order valence-electron chi connectivity index (χ3n) is 4.89. The molecule has 27 heavy (non-hydrogen) atoms. The molecule has 0 radical (unpaired) electrons. The van der Waals surface area contributed by atoms with Gasteiger partial charge in [-0.15, -0.1) is 0 Å².